The van der Waals surface area contributed by atoms with Gasteiger partial charge in [0.2, 0.25) is 0 Å². The van der Waals surface area contributed by atoms with Gasteiger partial charge in [-0.05, 0) is 0 Å². The summed E-state index contributed by atoms with van der Waals surface area (Å²) in [6, 6.07) is 0. The smallest absolute Gasteiger partial charge is 0.0533 e. The van der Waals surface area contributed by atoms with Crippen LogP contribution in [0.5, 0.6) is 0 Å². The molecular weight excluding hydrogens is 398 g/mol. The summed E-state index contributed by atoms with van der Waals surface area (Å²) >= 11 is 0. The molecule has 0 fully saturated rings. The minimum absolute atomic E-state index is 0. The van der Waals surface area contributed by atoms with Crippen molar-refractivity contribution in [1.82, 2.24) is 0 Å². The molecule has 0 nitrogen and oxygen atoms in total. The van der Waals surface area contributed by atoms with Crippen LogP contribution in [-0.4, -0.2) is 0 Å². The molecule has 0 aliphatic carbocycles. The van der Waals surface area contributed by atoms with E-state index in [2.05, 4.69) is 13.8 Å². The lowest BCUT2D eigenvalue weighted by molar-refractivity contribution is 0.562. The molecule has 0 aliphatic heterocycles. The summed E-state index contributed by atoms with van der Waals surface area (Å²) in [5.74, 6) is 0. The molecule has 0 saturated heterocycles. The highest BCUT2D eigenvalue weighted by atomic mass is 127. The van der Waals surface area contributed by atoms with Crippen molar-refractivity contribution in [3.63, 3.8) is 0 Å². The maximum absolute atomic E-state index is 2.28. The summed E-state index contributed by atoms with van der Waals surface area (Å²) in [5, 5.41) is 0. The summed E-state index contributed by atoms with van der Waals surface area (Å²) in [6.45, 7) is 4.56. The SMILES string of the molecule is CCCCCCCCCCCC.I.I. The Morgan fingerprint density at radius 2 is 0.643 bits per heavy atom. The second-order valence-electron chi connectivity index (χ2n) is 3.83. The van der Waals surface area contributed by atoms with Crippen LogP contribution in [0, 0.1) is 0 Å². The Bertz CT molecular complexity index is 64.7. The normalized spacial score (nSPS) is 9.00. The molecule has 0 aliphatic rings. The second kappa shape index (κ2) is 19.9. The Kier molecular flexibility index (Phi) is 29.7. The fourth-order valence-electron chi connectivity index (χ4n) is 1.56. The van der Waals surface area contributed by atoms with Crippen molar-refractivity contribution in [3.05, 3.63) is 0 Å². The quantitative estimate of drug-likeness (QED) is 0.306. The van der Waals surface area contributed by atoms with Gasteiger partial charge in [-0.3, -0.25) is 0 Å². The number of hydrogen-bond donors (Lipinski definition) is 0. The highest BCUT2D eigenvalue weighted by Gasteiger charge is 1.90. The molecule has 0 aromatic carbocycles. The highest BCUT2D eigenvalue weighted by Crippen LogP contribution is 2.09. The number of hydrogen-bond acceptors (Lipinski definition) is 0. The van der Waals surface area contributed by atoms with Crippen molar-refractivity contribution in [2.45, 2.75) is 78.1 Å². The summed E-state index contributed by atoms with van der Waals surface area (Å²) in [6.07, 6.45) is 14.4. The molecule has 0 bridgehead atoms. The Balaban J connectivity index is -0.000000605. The number of unbranched alkanes of at least 4 members (excludes halogenated alkanes) is 9. The van der Waals surface area contributed by atoms with E-state index in [-0.39, 0.29) is 48.0 Å². The van der Waals surface area contributed by atoms with Crippen molar-refractivity contribution in [2.24, 2.45) is 0 Å². The van der Waals surface area contributed by atoms with E-state index in [1.807, 2.05) is 0 Å². The highest BCUT2D eigenvalue weighted by molar-refractivity contribution is 14.0. The van der Waals surface area contributed by atoms with Gasteiger partial charge in [-0.25, -0.2) is 0 Å². The van der Waals surface area contributed by atoms with Crippen LogP contribution in [0.1, 0.15) is 78.1 Å². The second-order valence-corrected chi connectivity index (χ2v) is 3.83. The zero-order valence-corrected chi connectivity index (χ0v) is 14.5. The van der Waals surface area contributed by atoms with Crippen molar-refractivity contribution in [1.29, 1.82) is 0 Å². The molecule has 0 spiro atoms. The van der Waals surface area contributed by atoms with E-state index < -0.39 is 0 Å². The molecule has 0 N–H and O–H groups in total. The fraction of sp³-hybridized carbons (Fsp3) is 1.00. The maximum Gasteiger partial charge on any atom is -0.0533 e. The Hall–Kier alpha value is 1.46. The van der Waals surface area contributed by atoms with E-state index in [0.717, 1.165) is 0 Å². The van der Waals surface area contributed by atoms with Gasteiger partial charge in [0.05, 0.1) is 0 Å². The molecule has 90 valence electrons. The van der Waals surface area contributed by atoms with Crippen molar-refractivity contribution < 1.29 is 0 Å². The van der Waals surface area contributed by atoms with Gasteiger partial charge in [-0.1, -0.05) is 78.1 Å². The van der Waals surface area contributed by atoms with Crippen LogP contribution < -0.4 is 0 Å². The third kappa shape index (κ3) is 19.1. The zero-order chi connectivity index (χ0) is 9.07. The lowest BCUT2D eigenvalue weighted by atomic mass is 10.1. The maximum atomic E-state index is 2.28. The number of rotatable bonds is 9. The van der Waals surface area contributed by atoms with Crippen LogP contribution in [0.4, 0.5) is 0 Å². The van der Waals surface area contributed by atoms with Crippen LogP contribution in [0.25, 0.3) is 0 Å². The fourth-order valence-corrected chi connectivity index (χ4v) is 1.56. The first kappa shape index (κ1) is 20.8. The lowest BCUT2D eigenvalue weighted by Gasteiger charge is -1.99. The zero-order valence-electron chi connectivity index (χ0n) is 9.89. The van der Waals surface area contributed by atoms with Gasteiger partial charge in [0.1, 0.15) is 0 Å². The molecule has 0 saturated carbocycles. The van der Waals surface area contributed by atoms with Crippen LogP contribution in [0.3, 0.4) is 0 Å². The summed E-state index contributed by atoms with van der Waals surface area (Å²) in [7, 11) is 0. The molecule has 0 aromatic rings. The summed E-state index contributed by atoms with van der Waals surface area (Å²) < 4.78 is 0. The summed E-state index contributed by atoms with van der Waals surface area (Å²) in [4.78, 5) is 0. The Morgan fingerprint density at radius 1 is 0.429 bits per heavy atom. The molecule has 0 amide bonds. The van der Waals surface area contributed by atoms with Crippen LogP contribution in [-0.2, 0) is 0 Å². The van der Waals surface area contributed by atoms with Crippen LogP contribution in [0.15, 0.2) is 0 Å². The molecule has 0 atom stereocenters. The van der Waals surface area contributed by atoms with Crippen molar-refractivity contribution in [3.8, 4) is 0 Å². The van der Waals surface area contributed by atoms with Gasteiger partial charge in [-0.15, -0.1) is 48.0 Å². The van der Waals surface area contributed by atoms with Gasteiger partial charge >= 0.3 is 0 Å². The van der Waals surface area contributed by atoms with Gasteiger partial charge in [0.25, 0.3) is 0 Å². The standard InChI is InChI=1S/C12H26.2HI/c1-3-5-7-9-11-12-10-8-6-4-2;;/h3-12H2,1-2H3;2*1H. The van der Waals surface area contributed by atoms with E-state index in [4.69, 9.17) is 0 Å². The molecule has 0 rings (SSSR count). The lowest BCUT2D eigenvalue weighted by Crippen LogP contribution is -1.80. The van der Waals surface area contributed by atoms with Gasteiger partial charge < -0.3 is 0 Å². The third-order valence-electron chi connectivity index (χ3n) is 2.46. The predicted molar refractivity (Wildman–Crippen MR) is 88.3 cm³/mol. The first-order chi connectivity index (χ1) is 5.91. The van der Waals surface area contributed by atoms with Crippen LogP contribution in [0.2, 0.25) is 0 Å². The van der Waals surface area contributed by atoms with Gasteiger partial charge in [0, 0.05) is 0 Å². The molecule has 0 radical (unpaired) electrons. The molecule has 0 unspecified atom stereocenters. The number of halogens is 2. The first-order valence-electron chi connectivity index (χ1n) is 5.91. The monoisotopic (exact) mass is 426 g/mol. The molecule has 14 heavy (non-hydrogen) atoms. The van der Waals surface area contributed by atoms with Gasteiger partial charge in [0.15, 0.2) is 0 Å². The van der Waals surface area contributed by atoms with E-state index in [1.54, 1.807) is 0 Å². The minimum Gasteiger partial charge on any atom is -0.107 e. The molecule has 0 heterocycles. The molecule has 0 aromatic heterocycles. The average molecular weight is 426 g/mol. The third-order valence-corrected chi connectivity index (χ3v) is 2.46. The Morgan fingerprint density at radius 3 is 0.857 bits per heavy atom. The molecular formula is C12H28I2. The van der Waals surface area contributed by atoms with Crippen LogP contribution >= 0.6 is 48.0 Å². The average Bonchev–Trinajstić information content (AvgIpc) is 2.10. The topological polar surface area (TPSA) is 0 Å². The van der Waals surface area contributed by atoms with E-state index in [9.17, 15) is 0 Å². The first-order valence-corrected chi connectivity index (χ1v) is 5.91. The van der Waals surface area contributed by atoms with Gasteiger partial charge in [-0.2, -0.15) is 0 Å². The van der Waals surface area contributed by atoms with Crippen molar-refractivity contribution in [2.75, 3.05) is 0 Å². The predicted octanol–water partition coefficient (Wildman–Crippen LogP) is 6.16. The largest absolute Gasteiger partial charge is 0.107 e. The Labute approximate surface area is 125 Å². The van der Waals surface area contributed by atoms with E-state index >= 15 is 0 Å². The summed E-state index contributed by atoms with van der Waals surface area (Å²) in [5.41, 5.74) is 0. The molecule has 2 heteroatoms. The van der Waals surface area contributed by atoms with Crippen molar-refractivity contribution >= 4 is 48.0 Å². The van der Waals surface area contributed by atoms with E-state index in [0.29, 0.717) is 0 Å². The minimum atomic E-state index is 0. The van der Waals surface area contributed by atoms with E-state index in [1.165, 1.54) is 64.2 Å².